The lowest BCUT2D eigenvalue weighted by Gasteiger charge is -2.03. The van der Waals surface area contributed by atoms with Gasteiger partial charge < -0.3 is 10.1 Å². The summed E-state index contributed by atoms with van der Waals surface area (Å²) in [5.41, 5.74) is 1.25. The van der Waals surface area contributed by atoms with Crippen LogP contribution in [0.4, 0.5) is 10.7 Å². The Morgan fingerprint density at radius 3 is 2.60 bits per heavy atom. The lowest BCUT2D eigenvalue weighted by atomic mass is 10.2. The number of anilines is 1. The van der Waals surface area contributed by atoms with Gasteiger partial charge in [-0.1, -0.05) is 11.3 Å². The molecule has 1 aliphatic rings. The Hall–Kier alpha value is -3.33. The molecular weight excluding hydrogens is 346 g/mol. The first kappa shape index (κ1) is 16.5. The second kappa shape index (κ2) is 6.65. The van der Waals surface area contributed by atoms with Crippen LogP contribution in [-0.4, -0.2) is 22.7 Å². The molecule has 3 rings (SSSR count). The van der Waals surface area contributed by atoms with Crippen molar-refractivity contribution in [1.29, 1.82) is 0 Å². The van der Waals surface area contributed by atoms with Crippen molar-refractivity contribution in [1.82, 2.24) is 0 Å². The molecule has 1 aliphatic heterocycles. The van der Waals surface area contributed by atoms with E-state index >= 15 is 0 Å². The minimum absolute atomic E-state index is 0.0176. The number of nitro groups is 1. The monoisotopic (exact) mass is 357 g/mol. The van der Waals surface area contributed by atoms with Crippen molar-refractivity contribution in [3.63, 3.8) is 0 Å². The highest BCUT2D eigenvalue weighted by Crippen LogP contribution is 2.27. The van der Waals surface area contributed by atoms with E-state index in [0.29, 0.717) is 16.1 Å². The highest BCUT2D eigenvalue weighted by Gasteiger charge is 2.24. The number of hydrogen-bond donors (Lipinski definition) is 1. The Kier molecular flexibility index (Phi) is 4.40. The summed E-state index contributed by atoms with van der Waals surface area (Å²) in [5, 5.41) is 13.3. The van der Waals surface area contributed by atoms with Crippen LogP contribution in [0.1, 0.15) is 17.4 Å². The third-order valence-electron chi connectivity index (χ3n) is 3.14. The number of rotatable bonds is 4. The second-order valence-electron chi connectivity index (χ2n) is 5.03. The van der Waals surface area contributed by atoms with Crippen molar-refractivity contribution in [2.24, 2.45) is 4.99 Å². The summed E-state index contributed by atoms with van der Waals surface area (Å²) in [6.07, 6.45) is 1.44. The summed E-state index contributed by atoms with van der Waals surface area (Å²) in [5.74, 6) is -0.679. The molecule has 1 aromatic carbocycles. The quantitative estimate of drug-likeness (QED) is 0.391. The highest BCUT2D eigenvalue weighted by molar-refractivity contribution is 7.16. The number of amides is 1. The van der Waals surface area contributed by atoms with Crippen molar-refractivity contribution in [2.75, 3.05) is 5.32 Å². The number of carbonyl (C=O) groups excluding carboxylic acids is 2. The van der Waals surface area contributed by atoms with Gasteiger partial charge in [0.25, 0.3) is 0 Å². The average Bonchev–Trinajstić information content (AvgIpc) is 3.16. The van der Waals surface area contributed by atoms with Gasteiger partial charge in [0.1, 0.15) is 0 Å². The van der Waals surface area contributed by atoms with Gasteiger partial charge in [0.2, 0.25) is 11.8 Å². The molecule has 0 fully saturated rings. The van der Waals surface area contributed by atoms with Gasteiger partial charge in [-0.3, -0.25) is 14.9 Å². The number of nitrogens with one attached hydrogen (secondary N) is 1. The Morgan fingerprint density at radius 1 is 1.28 bits per heavy atom. The molecule has 1 amide bonds. The average molecular weight is 357 g/mol. The van der Waals surface area contributed by atoms with Crippen LogP contribution in [0.25, 0.3) is 6.08 Å². The number of cyclic esters (lactones) is 1. The molecule has 126 valence electrons. The van der Waals surface area contributed by atoms with E-state index < -0.39 is 10.9 Å². The van der Waals surface area contributed by atoms with Crippen molar-refractivity contribution in [3.8, 4) is 0 Å². The lowest BCUT2D eigenvalue weighted by molar-refractivity contribution is -0.380. The van der Waals surface area contributed by atoms with E-state index in [9.17, 15) is 19.7 Å². The van der Waals surface area contributed by atoms with E-state index in [1.54, 1.807) is 30.3 Å². The van der Waals surface area contributed by atoms with E-state index in [4.69, 9.17) is 4.74 Å². The fourth-order valence-electron chi connectivity index (χ4n) is 2.08. The number of ether oxygens (including phenoxy) is 1. The Bertz CT molecular complexity index is 928. The van der Waals surface area contributed by atoms with E-state index in [1.807, 2.05) is 0 Å². The Morgan fingerprint density at radius 2 is 2.00 bits per heavy atom. The van der Waals surface area contributed by atoms with Gasteiger partial charge in [-0.05, 0) is 36.4 Å². The first-order chi connectivity index (χ1) is 11.9. The van der Waals surface area contributed by atoms with E-state index in [0.717, 1.165) is 11.3 Å². The van der Waals surface area contributed by atoms with E-state index in [2.05, 4.69) is 10.3 Å². The molecule has 0 saturated carbocycles. The first-order valence-electron chi connectivity index (χ1n) is 7.07. The largest absolute Gasteiger partial charge is 0.402 e. The maximum absolute atomic E-state index is 11.9. The van der Waals surface area contributed by atoms with Crippen LogP contribution in [-0.2, 0) is 14.3 Å². The maximum Gasteiger partial charge on any atom is 0.363 e. The molecule has 2 heterocycles. The minimum atomic E-state index is -0.628. The van der Waals surface area contributed by atoms with Crippen LogP contribution in [0.15, 0.2) is 47.1 Å². The summed E-state index contributed by atoms with van der Waals surface area (Å²) in [7, 11) is 0. The van der Waals surface area contributed by atoms with E-state index in [-0.39, 0.29) is 22.5 Å². The first-order valence-corrected chi connectivity index (χ1v) is 7.89. The number of benzene rings is 1. The smallest absolute Gasteiger partial charge is 0.363 e. The standard InChI is InChI=1S/C16H11N3O5S/c1-9(20)17-11-4-2-10(3-5-11)15-18-13(16(21)24-15)8-12-6-7-14(25-12)19(22)23/h2-8H,1H3,(H,17,20). The van der Waals surface area contributed by atoms with Gasteiger partial charge in [0.05, 0.1) is 4.92 Å². The van der Waals surface area contributed by atoms with Gasteiger partial charge in [-0.15, -0.1) is 0 Å². The summed E-state index contributed by atoms with van der Waals surface area (Å²) >= 11 is 0.942. The number of nitrogens with zero attached hydrogens (tertiary/aromatic N) is 2. The zero-order valence-electron chi connectivity index (χ0n) is 12.9. The lowest BCUT2D eigenvalue weighted by Crippen LogP contribution is -2.07. The number of carbonyl (C=O) groups is 2. The molecule has 25 heavy (non-hydrogen) atoms. The molecule has 1 aromatic heterocycles. The van der Waals surface area contributed by atoms with Crippen LogP contribution in [0.2, 0.25) is 0 Å². The fourth-order valence-corrected chi connectivity index (χ4v) is 2.84. The van der Waals surface area contributed by atoms with Gasteiger partial charge in [-0.2, -0.15) is 0 Å². The van der Waals surface area contributed by atoms with Crippen molar-refractivity contribution in [3.05, 3.63) is 62.7 Å². The Labute approximate surface area is 145 Å². The Balaban J connectivity index is 1.83. The molecule has 0 unspecified atom stereocenters. The summed E-state index contributed by atoms with van der Waals surface area (Å²) in [6.45, 7) is 1.41. The predicted octanol–water partition coefficient (Wildman–Crippen LogP) is 2.96. The van der Waals surface area contributed by atoms with Crippen LogP contribution in [0, 0.1) is 10.1 Å². The van der Waals surface area contributed by atoms with Gasteiger partial charge >= 0.3 is 11.0 Å². The zero-order chi connectivity index (χ0) is 18.0. The SMILES string of the molecule is CC(=O)Nc1ccc(C2=NC(=Cc3ccc([N+](=O)[O-])s3)C(=O)O2)cc1. The molecule has 0 atom stereocenters. The third-order valence-corrected chi connectivity index (χ3v) is 4.13. The molecule has 2 aromatic rings. The van der Waals surface area contributed by atoms with Gasteiger partial charge in [0, 0.05) is 29.1 Å². The molecule has 8 nitrogen and oxygen atoms in total. The molecule has 1 N–H and O–H groups in total. The molecule has 0 bridgehead atoms. The van der Waals surface area contributed by atoms with Gasteiger partial charge in [0.15, 0.2) is 5.70 Å². The highest BCUT2D eigenvalue weighted by atomic mass is 32.1. The minimum Gasteiger partial charge on any atom is -0.402 e. The van der Waals surface area contributed by atoms with Crippen molar-refractivity contribution < 1.29 is 19.2 Å². The fraction of sp³-hybridized carbons (Fsp3) is 0.0625. The molecule has 0 saturated heterocycles. The molecule has 9 heteroatoms. The number of aliphatic imine (C=N–C) groups is 1. The number of esters is 1. The van der Waals surface area contributed by atoms with Crippen LogP contribution < -0.4 is 5.32 Å². The topological polar surface area (TPSA) is 111 Å². The van der Waals surface area contributed by atoms with E-state index in [1.165, 1.54) is 19.1 Å². The van der Waals surface area contributed by atoms with Crippen LogP contribution in [0.3, 0.4) is 0 Å². The van der Waals surface area contributed by atoms with Gasteiger partial charge in [-0.25, -0.2) is 9.79 Å². The molecule has 0 radical (unpaired) electrons. The summed E-state index contributed by atoms with van der Waals surface area (Å²) in [4.78, 5) is 37.8. The summed E-state index contributed by atoms with van der Waals surface area (Å²) in [6, 6.07) is 9.56. The molecule has 0 spiro atoms. The number of hydrogen-bond acceptors (Lipinski definition) is 7. The predicted molar refractivity (Wildman–Crippen MR) is 92.3 cm³/mol. The molecular formula is C16H11N3O5S. The van der Waals surface area contributed by atoms with Crippen molar-refractivity contribution >= 4 is 45.9 Å². The summed E-state index contributed by atoms with van der Waals surface area (Å²) < 4.78 is 5.13. The van der Waals surface area contributed by atoms with Crippen LogP contribution >= 0.6 is 11.3 Å². The second-order valence-corrected chi connectivity index (χ2v) is 6.12. The normalized spacial score (nSPS) is 15.0. The number of thiophene rings is 1. The zero-order valence-corrected chi connectivity index (χ0v) is 13.7. The van der Waals surface area contributed by atoms with Crippen molar-refractivity contribution in [2.45, 2.75) is 6.92 Å². The molecule has 0 aliphatic carbocycles. The third kappa shape index (κ3) is 3.78. The maximum atomic E-state index is 11.9. The van der Waals surface area contributed by atoms with Crippen LogP contribution in [0.5, 0.6) is 0 Å².